The second-order valence-electron chi connectivity index (χ2n) is 4.33. The predicted molar refractivity (Wildman–Crippen MR) is 77.7 cm³/mol. The van der Waals surface area contributed by atoms with Crippen molar-refractivity contribution in [2.24, 2.45) is 0 Å². The van der Waals surface area contributed by atoms with Crippen molar-refractivity contribution in [3.63, 3.8) is 0 Å². The smallest absolute Gasteiger partial charge is 0.257 e. The molecule has 21 heavy (non-hydrogen) atoms. The fourth-order valence-corrected chi connectivity index (χ4v) is 1.85. The number of rotatable bonds is 4. The second kappa shape index (κ2) is 6.55. The van der Waals surface area contributed by atoms with E-state index in [2.05, 4.69) is 5.32 Å². The molecule has 5 heteroatoms. The number of nitriles is 1. The first-order valence-corrected chi connectivity index (χ1v) is 6.27. The van der Waals surface area contributed by atoms with Crippen LogP contribution in [0.5, 0.6) is 5.75 Å². The molecule has 0 fully saturated rings. The number of hydrogen-bond acceptors (Lipinski definition) is 4. The molecule has 106 valence electrons. The van der Waals surface area contributed by atoms with Crippen molar-refractivity contribution < 1.29 is 14.6 Å². The van der Waals surface area contributed by atoms with Crippen LogP contribution in [-0.4, -0.2) is 18.1 Å². The van der Waals surface area contributed by atoms with E-state index in [1.807, 2.05) is 6.07 Å². The summed E-state index contributed by atoms with van der Waals surface area (Å²) in [7, 11) is 1.44. The van der Waals surface area contributed by atoms with Gasteiger partial charge in [0, 0.05) is 6.07 Å². The van der Waals surface area contributed by atoms with Gasteiger partial charge in [-0.1, -0.05) is 30.3 Å². The van der Waals surface area contributed by atoms with Gasteiger partial charge in [0.05, 0.1) is 24.4 Å². The summed E-state index contributed by atoms with van der Waals surface area (Å²) in [6.07, 6.45) is -1.27. The Labute approximate surface area is 122 Å². The summed E-state index contributed by atoms with van der Waals surface area (Å²) in [5.41, 5.74) is 1.33. The largest absolute Gasteiger partial charge is 0.495 e. The Bertz CT molecular complexity index is 678. The van der Waals surface area contributed by atoms with Crippen molar-refractivity contribution in [1.82, 2.24) is 0 Å². The van der Waals surface area contributed by atoms with Crippen molar-refractivity contribution in [2.45, 2.75) is 6.10 Å². The van der Waals surface area contributed by atoms with Crippen LogP contribution in [0, 0.1) is 11.3 Å². The average Bonchev–Trinajstić information content (AvgIpc) is 2.55. The van der Waals surface area contributed by atoms with Gasteiger partial charge in [-0.3, -0.25) is 4.79 Å². The molecule has 0 heterocycles. The average molecular weight is 282 g/mol. The molecule has 0 aliphatic rings. The lowest BCUT2D eigenvalue weighted by molar-refractivity contribution is -0.124. The van der Waals surface area contributed by atoms with Crippen LogP contribution in [0.25, 0.3) is 0 Å². The third-order valence-electron chi connectivity index (χ3n) is 2.95. The fourth-order valence-electron chi connectivity index (χ4n) is 1.85. The quantitative estimate of drug-likeness (QED) is 0.901. The Kier molecular flexibility index (Phi) is 4.54. The molecule has 2 aromatic rings. The lowest BCUT2D eigenvalue weighted by atomic mass is 10.1. The summed E-state index contributed by atoms with van der Waals surface area (Å²) in [4.78, 5) is 12.1. The van der Waals surface area contributed by atoms with Crippen LogP contribution >= 0.6 is 0 Å². The number of hydrogen-bond donors (Lipinski definition) is 2. The summed E-state index contributed by atoms with van der Waals surface area (Å²) in [5.74, 6) is -0.202. The monoisotopic (exact) mass is 282 g/mol. The number of nitrogens with one attached hydrogen (secondary N) is 1. The van der Waals surface area contributed by atoms with Gasteiger partial charge in [0.25, 0.3) is 5.91 Å². The summed E-state index contributed by atoms with van der Waals surface area (Å²) in [5, 5.41) is 21.4. The molecule has 0 aliphatic heterocycles. The van der Waals surface area contributed by atoms with E-state index < -0.39 is 12.0 Å². The summed E-state index contributed by atoms with van der Waals surface area (Å²) in [6.45, 7) is 0. The molecule has 0 bridgehead atoms. The van der Waals surface area contributed by atoms with Gasteiger partial charge < -0.3 is 15.2 Å². The Balaban J connectivity index is 2.18. The minimum absolute atomic E-state index is 0.364. The topological polar surface area (TPSA) is 82.3 Å². The number of ether oxygens (including phenoxy) is 1. The zero-order chi connectivity index (χ0) is 15.2. The van der Waals surface area contributed by atoms with Crippen LogP contribution in [-0.2, 0) is 4.79 Å². The lowest BCUT2D eigenvalue weighted by Crippen LogP contribution is -2.21. The van der Waals surface area contributed by atoms with E-state index in [4.69, 9.17) is 10.00 Å². The lowest BCUT2D eigenvalue weighted by Gasteiger charge is -2.14. The van der Waals surface area contributed by atoms with Crippen molar-refractivity contribution in [3.8, 4) is 11.8 Å². The first kappa shape index (κ1) is 14.6. The number of amides is 1. The molecule has 1 unspecified atom stereocenters. The van der Waals surface area contributed by atoms with Gasteiger partial charge in [-0.2, -0.15) is 5.26 Å². The Hall–Kier alpha value is -2.84. The molecular formula is C16H14N2O3. The van der Waals surface area contributed by atoms with Gasteiger partial charge in [-0.25, -0.2) is 0 Å². The van der Waals surface area contributed by atoms with Gasteiger partial charge in [-0.15, -0.1) is 0 Å². The maximum absolute atomic E-state index is 12.1. The van der Waals surface area contributed by atoms with E-state index in [1.54, 1.807) is 42.5 Å². The molecule has 0 saturated carbocycles. The first-order chi connectivity index (χ1) is 10.2. The Morgan fingerprint density at radius 1 is 1.29 bits per heavy atom. The van der Waals surface area contributed by atoms with Crippen molar-refractivity contribution >= 4 is 11.6 Å². The van der Waals surface area contributed by atoms with Crippen LogP contribution in [0.3, 0.4) is 0 Å². The van der Waals surface area contributed by atoms with Crippen LogP contribution in [0.2, 0.25) is 0 Å². The molecule has 0 aromatic heterocycles. The standard InChI is InChI=1S/C16H14N2O3/c1-21-14-9-11(10-17)7-8-13(14)18-16(20)15(19)12-5-3-2-4-6-12/h2-9,15,19H,1H3,(H,18,20). The molecular weight excluding hydrogens is 268 g/mol. The van der Waals surface area contributed by atoms with Crippen molar-refractivity contribution in [2.75, 3.05) is 12.4 Å². The minimum atomic E-state index is -1.27. The first-order valence-electron chi connectivity index (χ1n) is 6.27. The molecule has 1 amide bonds. The van der Waals surface area contributed by atoms with Crippen LogP contribution in [0.1, 0.15) is 17.2 Å². The van der Waals surface area contributed by atoms with Gasteiger partial charge in [0.2, 0.25) is 0 Å². The highest BCUT2D eigenvalue weighted by Gasteiger charge is 2.18. The molecule has 0 spiro atoms. The number of benzene rings is 2. The molecule has 1 atom stereocenters. The molecule has 0 saturated heterocycles. The maximum atomic E-state index is 12.1. The van der Waals surface area contributed by atoms with Crippen molar-refractivity contribution in [1.29, 1.82) is 5.26 Å². The third-order valence-corrected chi connectivity index (χ3v) is 2.95. The normalized spacial score (nSPS) is 11.3. The van der Waals surface area contributed by atoms with E-state index >= 15 is 0 Å². The number of methoxy groups -OCH3 is 1. The van der Waals surface area contributed by atoms with Crippen molar-refractivity contribution in [3.05, 3.63) is 59.7 Å². The zero-order valence-electron chi connectivity index (χ0n) is 11.4. The third kappa shape index (κ3) is 3.38. The van der Waals surface area contributed by atoms with E-state index in [0.717, 1.165) is 0 Å². The van der Waals surface area contributed by atoms with E-state index in [9.17, 15) is 9.90 Å². The molecule has 0 aliphatic carbocycles. The second-order valence-corrected chi connectivity index (χ2v) is 4.33. The Morgan fingerprint density at radius 2 is 2.00 bits per heavy atom. The number of anilines is 1. The SMILES string of the molecule is COc1cc(C#N)ccc1NC(=O)C(O)c1ccccc1. The highest BCUT2D eigenvalue weighted by atomic mass is 16.5. The summed E-state index contributed by atoms with van der Waals surface area (Å²) in [6, 6.07) is 15.3. The van der Waals surface area contributed by atoms with Crippen LogP contribution in [0.15, 0.2) is 48.5 Å². The van der Waals surface area contributed by atoms with Gasteiger partial charge in [0.15, 0.2) is 6.10 Å². The van der Waals surface area contributed by atoms with Crippen LogP contribution in [0.4, 0.5) is 5.69 Å². The summed E-state index contributed by atoms with van der Waals surface area (Å²) < 4.78 is 5.13. The number of aliphatic hydroxyl groups excluding tert-OH is 1. The summed E-state index contributed by atoms with van der Waals surface area (Å²) >= 11 is 0. The van der Waals surface area contributed by atoms with Gasteiger partial charge in [0.1, 0.15) is 5.75 Å². The minimum Gasteiger partial charge on any atom is -0.495 e. The molecule has 2 rings (SSSR count). The number of nitrogens with zero attached hydrogens (tertiary/aromatic N) is 1. The zero-order valence-corrected chi connectivity index (χ0v) is 11.4. The number of carbonyl (C=O) groups is 1. The molecule has 2 N–H and O–H groups in total. The highest BCUT2D eigenvalue weighted by molar-refractivity contribution is 5.96. The number of aliphatic hydroxyl groups is 1. The van der Waals surface area contributed by atoms with E-state index in [-0.39, 0.29) is 0 Å². The highest BCUT2D eigenvalue weighted by Crippen LogP contribution is 2.26. The molecule has 0 radical (unpaired) electrons. The van der Waals surface area contributed by atoms with Crippen LogP contribution < -0.4 is 10.1 Å². The molecule has 5 nitrogen and oxygen atoms in total. The van der Waals surface area contributed by atoms with E-state index in [1.165, 1.54) is 13.2 Å². The predicted octanol–water partition coefficient (Wildman–Crippen LogP) is 2.24. The van der Waals surface area contributed by atoms with Gasteiger partial charge in [-0.05, 0) is 17.7 Å². The van der Waals surface area contributed by atoms with Gasteiger partial charge >= 0.3 is 0 Å². The Morgan fingerprint density at radius 3 is 2.62 bits per heavy atom. The maximum Gasteiger partial charge on any atom is 0.257 e. The fraction of sp³-hybridized carbons (Fsp3) is 0.125. The van der Waals surface area contributed by atoms with E-state index in [0.29, 0.717) is 22.6 Å². The molecule has 2 aromatic carbocycles. The number of carbonyl (C=O) groups excluding carboxylic acids is 1.